The van der Waals surface area contributed by atoms with E-state index in [9.17, 15) is 9.59 Å². The number of nitrogens with zero attached hydrogens (tertiary/aromatic N) is 5. The molecule has 0 atom stereocenters. The maximum absolute atomic E-state index is 13.8. The first-order valence-corrected chi connectivity index (χ1v) is 13.6. The molecule has 208 valence electrons. The van der Waals surface area contributed by atoms with Crippen LogP contribution in [0.5, 0.6) is 0 Å². The number of methoxy groups -OCH3 is 1. The summed E-state index contributed by atoms with van der Waals surface area (Å²) in [6.45, 7) is 5.09. The van der Waals surface area contributed by atoms with Gasteiger partial charge in [0.15, 0.2) is 5.76 Å². The summed E-state index contributed by atoms with van der Waals surface area (Å²) in [6, 6.07) is 11.8. The van der Waals surface area contributed by atoms with Gasteiger partial charge in [0.25, 0.3) is 11.8 Å². The lowest BCUT2D eigenvalue weighted by Gasteiger charge is -2.35. The topological polar surface area (TPSA) is 93.3 Å². The van der Waals surface area contributed by atoms with E-state index >= 15 is 0 Å². The molecule has 0 saturated carbocycles. The van der Waals surface area contributed by atoms with E-state index < -0.39 is 0 Å². The number of benzene rings is 1. The van der Waals surface area contributed by atoms with Crippen molar-refractivity contribution in [3.63, 3.8) is 0 Å². The molecule has 5 rings (SSSR count). The minimum Gasteiger partial charge on any atom is -0.454 e. The molecule has 2 aromatic heterocycles. The third-order valence-electron chi connectivity index (χ3n) is 7.46. The number of rotatable bonds is 6. The van der Waals surface area contributed by atoms with Crippen LogP contribution >= 0.6 is 0 Å². The van der Waals surface area contributed by atoms with Gasteiger partial charge in [-0.05, 0) is 43.0 Å². The van der Waals surface area contributed by atoms with Crippen LogP contribution in [0.2, 0.25) is 0 Å². The summed E-state index contributed by atoms with van der Waals surface area (Å²) in [4.78, 5) is 37.2. The number of fused-ring (bicyclic) bond motifs is 1. The smallest absolute Gasteiger partial charge is 0.289 e. The Hall–Kier alpha value is -3.47. The molecule has 1 fully saturated rings. The third kappa shape index (κ3) is 6.76. The van der Waals surface area contributed by atoms with Crippen molar-refractivity contribution in [1.82, 2.24) is 19.4 Å². The second kappa shape index (κ2) is 13.1. The van der Waals surface area contributed by atoms with Crippen molar-refractivity contribution in [3.05, 3.63) is 72.2 Å². The number of para-hydroxylation sites is 1. The molecule has 0 bridgehead atoms. The average molecular weight is 536 g/mol. The van der Waals surface area contributed by atoms with Gasteiger partial charge in [0.05, 0.1) is 12.9 Å². The summed E-state index contributed by atoms with van der Waals surface area (Å²) in [5, 5.41) is 0. The van der Waals surface area contributed by atoms with Gasteiger partial charge in [-0.15, -0.1) is 0 Å². The van der Waals surface area contributed by atoms with Crippen molar-refractivity contribution < 1.29 is 23.5 Å². The number of ether oxygens (including phenoxy) is 2. The van der Waals surface area contributed by atoms with E-state index in [2.05, 4.69) is 9.88 Å². The number of amides is 2. The first-order chi connectivity index (χ1) is 19.1. The molecule has 0 N–H and O–H groups in total. The van der Waals surface area contributed by atoms with E-state index in [1.54, 1.807) is 18.6 Å². The minimum absolute atomic E-state index is 0.00669. The molecule has 2 aliphatic rings. The molecular weight excluding hydrogens is 498 g/mol. The molecule has 10 nitrogen and oxygen atoms in total. The van der Waals surface area contributed by atoms with Gasteiger partial charge in [0, 0.05) is 77.2 Å². The summed E-state index contributed by atoms with van der Waals surface area (Å²) >= 11 is 0. The van der Waals surface area contributed by atoms with Crippen LogP contribution in [0.25, 0.3) is 0 Å². The van der Waals surface area contributed by atoms with Crippen molar-refractivity contribution in [2.45, 2.75) is 38.4 Å². The highest BCUT2D eigenvalue weighted by Crippen LogP contribution is 2.26. The molecule has 2 amide bonds. The van der Waals surface area contributed by atoms with E-state index in [4.69, 9.17) is 13.9 Å². The molecule has 1 saturated heterocycles. The van der Waals surface area contributed by atoms with Crippen LogP contribution in [0, 0.1) is 0 Å². The van der Waals surface area contributed by atoms with Crippen molar-refractivity contribution in [2.24, 2.45) is 0 Å². The predicted octanol–water partition coefficient (Wildman–Crippen LogP) is 3.03. The zero-order chi connectivity index (χ0) is 27.0. The van der Waals surface area contributed by atoms with Gasteiger partial charge >= 0.3 is 0 Å². The Bertz CT molecular complexity index is 1220. The maximum atomic E-state index is 13.8. The van der Waals surface area contributed by atoms with E-state index in [0.29, 0.717) is 43.7 Å². The summed E-state index contributed by atoms with van der Waals surface area (Å²) in [5.41, 5.74) is 1.73. The number of anilines is 1. The van der Waals surface area contributed by atoms with Gasteiger partial charge in [0.2, 0.25) is 0 Å². The average Bonchev–Trinajstić information content (AvgIpc) is 3.64. The van der Waals surface area contributed by atoms with Crippen LogP contribution in [0.3, 0.4) is 0 Å². The van der Waals surface area contributed by atoms with Crippen molar-refractivity contribution in [2.75, 3.05) is 58.0 Å². The van der Waals surface area contributed by atoms with E-state index in [1.807, 2.05) is 50.9 Å². The quantitative estimate of drug-likeness (QED) is 0.479. The maximum Gasteiger partial charge on any atom is 0.289 e. The minimum atomic E-state index is -0.164. The SMILES string of the molecule is COCC(=O)N1CCCN(C2CCOCC2)CCN(C(=O)c2ccc(Cn3ccnc3)o2)Cc2ccccc21. The fourth-order valence-electron chi connectivity index (χ4n) is 5.45. The van der Waals surface area contributed by atoms with Crippen molar-refractivity contribution >= 4 is 17.5 Å². The fourth-order valence-corrected chi connectivity index (χ4v) is 5.45. The molecule has 0 radical (unpaired) electrons. The van der Waals surface area contributed by atoms with Crippen molar-refractivity contribution in [3.8, 4) is 0 Å². The lowest BCUT2D eigenvalue weighted by atomic mass is 10.1. The molecule has 3 aromatic rings. The molecule has 0 spiro atoms. The van der Waals surface area contributed by atoms with Gasteiger partial charge in [-0.3, -0.25) is 14.5 Å². The Kier molecular flexibility index (Phi) is 9.08. The first-order valence-electron chi connectivity index (χ1n) is 13.6. The van der Waals surface area contributed by atoms with Gasteiger partial charge in [-0.25, -0.2) is 4.98 Å². The highest BCUT2D eigenvalue weighted by Gasteiger charge is 2.28. The summed E-state index contributed by atoms with van der Waals surface area (Å²) < 4.78 is 18.7. The van der Waals surface area contributed by atoms with Crippen LogP contribution < -0.4 is 4.90 Å². The Morgan fingerprint density at radius 3 is 2.69 bits per heavy atom. The molecule has 1 aromatic carbocycles. The number of hydrogen-bond acceptors (Lipinski definition) is 7. The predicted molar refractivity (Wildman–Crippen MR) is 145 cm³/mol. The van der Waals surface area contributed by atoms with E-state index in [-0.39, 0.29) is 18.4 Å². The standard InChI is InChI=1S/C29H37N5O5/c1-37-21-28(35)34-13-4-12-32(24-9-17-38-18-10-24)15-16-33(19-23-5-2-3-6-26(23)34)29(36)27-8-7-25(39-27)20-31-14-11-30-22-31/h2-3,5-8,11,14,22,24H,4,9-10,12-13,15-21H2,1H3. The number of hydrogen-bond donors (Lipinski definition) is 0. The van der Waals surface area contributed by atoms with Gasteiger partial charge in [-0.2, -0.15) is 0 Å². The van der Waals surface area contributed by atoms with Crippen LogP contribution in [-0.4, -0.2) is 90.3 Å². The van der Waals surface area contributed by atoms with Crippen molar-refractivity contribution in [1.29, 1.82) is 0 Å². The molecule has 4 heterocycles. The fraction of sp³-hybridized carbons (Fsp3) is 0.483. The van der Waals surface area contributed by atoms with Crippen LogP contribution in [0.15, 0.2) is 59.5 Å². The Labute approximate surface area is 229 Å². The number of carbonyl (C=O) groups is 2. The first kappa shape index (κ1) is 27.1. The Balaban J connectivity index is 1.43. The normalized spacial score (nSPS) is 18.0. The van der Waals surface area contributed by atoms with E-state index in [0.717, 1.165) is 56.8 Å². The van der Waals surface area contributed by atoms with Gasteiger partial charge in [0.1, 0.15) is 12.4 Å². The van der Waals surface area contributed by atoms with Crippen LogP contribution in [0.4, 0.5) is 5.69 Å². The molecular formula is C29H37N5O5. The zero-order valence-electron chi connectivity index (χ0n) is 22.5. The van der Waals surface area contributed by atoms with E-state index in [1.165, 1.54) is 7.11 Å². The molecule has 0 aliphatic carbocycles. The highest BCUT2D eigenvalue weighted by molar-refractivity contribution is 5.95. The summed E-state index contributed by atoms with van der Waals surface area (Å²) in [7, 11) is 1.54. The largest absolute Gasteiger partial charge is 0.454 e. The molecule has 39 heavy (non-hydrogen) atoms. The monoisotopic (exact) mass is 535 g/mol. The second-order valence-electron chi connectivity index (χ2n) is 10.1. The number of carbonyl (C=O) groups excluding carboxylic acids is 2. The summed E-state index contributed by atoms with van der Waals surface area (Å²) in [6.07, 6.45) is 8.05. The lowest BCUT2D eigenvalue weighted by Crippen LogP contribution is -2.45. The lowest BCUT2D eigenvalue weighted by molar-refractivity contribution is -0.122. The number of furan rings is 1. The molecule has 10 heteroatoms. The highest BCUT2D eigenvalue weighted by atomic mass is 16.5. The van der Waals surface area contributed by atoms with Crippen LogP contribution in [-0.2, 0) is 27.4 Å². The number of aromatic nitrogens is 2. The molecule has 2 aliphatic heterocycles. The zero-order valence-corrected chi connectivity index (χ0v) is 22.5. The van der Waals surface area contributed by atoms with Gasteiger partial charge < -0.3 is 28.3 Å². The molecule has 0 unspecified atom stereocenters. The summed E-state index contributed by atoms with van der Waals surface area (Å²) in [5.74, 6) is 0.745. The van der Waals surface area contributed by atoms with Gasteiger partial charge in [-0.1, -0.05) is 18.2 Å². The third-order valence-corrected chi connectivity index (χ3v) is 7.46. The number of imidazole rings is 1. The van der Waals surface area contributed by atoms with Crippen LogP contribution in [0.1, 0.15) is 41.1 Å². The second-order valence-corrected chi connectivity index (χ2v) is 10.1. The Morgan fingerprint density at radius 1 is 1.05 bits per heavy atom. The Morgan fingerprint density at radius 2 is 1.90 bits per heavy atom.